The lowest BCUT2D eigenvalue weighted by atomic mass is 9.95. The summed E-state index contributed by atoms with van der Waals surface area (Å²) in [6.45, 7) is 1.59. The van der Waals surface area contributed by atoms with Gasteiger partial charge >= 0.3 is 0 Å². The molecule has 1 fully saturated rings. The third kappa shape index (κ3) is 4.19. The summed E-state index contributed by atoms with van der Waals surface area (Å²) < 4.78 is 19.1. The number of rotatable bonds is 4. The van der Waals surface area contributed by atoms with Gasteiger partial charge in [-0.2, -0.15) is 5.26 Å². The highest BCUT2D eigenvalue weighted by atomic mass is 19.1. The molecule has 1 saturated carbocycles. The second-order valence-electron chi connectivity index (χ2n) is 5.36. The van der Waals surface area contributed by atoms with E-state index in [-0.39, 0.29) is 23.3 Å². The van der Waals surface area contributed by atoms with Gasteiger partial charge in [0.2, 0.25) is 0 Å². The maximum atomic E-state index is 13.7. The topological polar surface area (TPSA) is 62.1 Å². The van der Waals surface area contributed by atoms with Gasteiger partial charge in [-0.15, -0.1) is 0 Å². The number of nitriles is 1. The molecule has 1 unspecified atom stereocenters. The zero-order valence-corrected chi connectivity index (χ0v) is 12.1. The van der Waals surface area contributed by atoms with E-state index in [0.717, 1.165) is 31.7 Å². The van der Waals surface area contributed by atoms with Crippen molar-refractivity contribution in [1.82, 2.24) is 5.32 Å². The van der Waals surface area contributed by atoms with E-state index in [1.807, 2.05) is 6.07 Å². The van der Waals surface area contributed by atoms with Crippen LogP contribution in [0.25, 0.3) is 0 Å². The van der Waals surface area contributed by atoms with E-state index in [4.69, 9.17) is 10.00 Å². The molecular weight excluding hydrogens is 271 g/mol. The largest absolute Gasteiger partial charge is 0.478 e. The first-order valence-electron chi connectivity index (χ1n) is 7.27. The molecule has 1 N–H and O–H groups in total. The fraction of sp³-hybridized carbons (Fsp3) is 0.500. The van der Waals surface area contributed by atoms with Crippen molar-refractivity contribution >= 4 is 5.91 Å². The highest BCUT2D eigenvalue weighted by Gasteiger charge is 2.21. The van der Waals surface area contributed by atoms with Crippen LogP contribution < -0.4 is 10.1 Å². The van der Waals surface area contributed by atoms with Crippen molar-refractivity contribution in [3.05, 3.63) is 29.6 Å². The van der Waals surface area contributed by atoms with Gasteiger partial charge in [-0.25, -0.2) is 4.39 Å². The van der Waals surface area contributed by atoms with Gasteiger partial charge in [0, 0.05) is 6.04 Å². The molecule has 4 nitrogen and oxygen atoms in total. The molecule has 0 spiro atoms. The summed E-state index contributed by atoms with van der Waals surface area (Å²) in [6, 6.07) is 5.98. The summed E-state index contributed by atoms with van der Waals surface area (Å²) in [4.78, 5) is 12.0. The van der Waals surface area contributed by atoms with Crippen LogP contribution in [0.5, 0.6) is 5.75 Å². The summed E-state index contributed by atoms with van der Waals surface area (Å²) in [5.41, 5.74) is 0.221. The maximum Gasteiger partial charge on any atom is 0.260 e. The first kappa shape index (κ1) is 15.3. The lowest BCUT2D eigenvalue weighted by Crippen LogP contribution is -2.43. The van der Waals surface area contributed by atoms with Crippen molar-refractivity contribution in [3.8, 4) is 11.8 Å². The average molecular weight is 290 g/mol. The van der Waals surface area contributed by atoms with Crippen LogP contribution in [0.4, 0.5) is 4.39 Å². The molecule has 1 aliphatic carbocycles. The van der Waals surface area contributed by atoms with Crippen molar-refractivity contribution < 1.29 is 13.9 Å². The van der Waals surface area contributed by atoms with Crippen LogP contribution in [-0.4, -0.2) is 18.1 Å². The Kier molecular flexibility index (Phi) is 5.15. The van der Waals surface area contributed by atoms with Crippen molar-refractivity contribution in [2.45, 2.75) is 51.2 Å². The average Bonchev–Trinajstić information content (AvgIpc) is 2.50. The highest BCUT2D eigenvalue weighted by Crippen LogP contribution is 2.20. The predicted octanol–water partition coefficient (Wildman–Crippen LogP) is 2.91. The number of hydrogen-bond acceptors (Lipinski definition) is 3. The zero-order chi connectivity index (χ0) is 15.2. The molecule has 21 heavy (non-hydrogen) atoms. The van der Waals surface area contributed by atoms with Gasteiger partial charge < -0.3 is 10.1 Å². The van der Waals surface area contributed by atoms with E-state index >= 15 is 0 Å². The number of carbonyl (C=O) groups is 1. The first-order valence-corrected chi connectivity index (χ1v) is 7.27. The van der Waals surface area contributed by atoms with Crippen LogP contribution in [0.3, 0.4) is 0 Å². The van der Waals surface area contributed by atoms with Gasteiger partial charge in [-0.05, 0) is 38.0 Å². The van der Waals surface area contributed by atoms with Crippen LogP contribution in [-0.2, 0) is 4.79 Å². The third-order valence-electron chi connectivity index (χ3n) is 3.69. The van der Waals surface area contributed by atoms with Gasteiger partial charge in [0.05, 0.1) is 11.6 Å². The molecule has 1 amide bonds. The number of nitrogens with one attached hydrogen (secondary N) is 1. The molecule has 112 valence electrons. The molecule has 1 aliphatic rings. The molecular formula is C16H19FN2O2. The van der Waals surface area contributed by atoms with E-state index in [1.165, 1.54) is 18.6 Å². The van der Waals surface area contributed by atoms with E-state index in [9.17, 15) is 9.18 Å². The number of nitrogens with zero attached hydrogens (tertiary/aromatic N) is 1. The fourth-order valence-corrected chi connectivity index (χ4v) is 2.48. The van der Waals surface area contributed by atoms with Crippen LogP contribution >= 0.6 is 0 Å². The molecule has 0 aliphatic heterocycles. The van der Waals surface area contributed by atoms with Gasteiger partial charge in [0.1, 0.15) is 0 Å². The van der Waals surface area contributed by atoms with Crippen molar-refractivity contribution in [1.29, 1.82) is 5.26 Å². The van der Waals surface area contributed by atoms with Crippen LogP contribution in [0.1, 0.15) is 44.6 Å². The lowest BCUT2D eigenvalue weighted by molar-refractivity contribution is -0.128. The smallest absolute Gasteiger partial charge is 0.260 e. The monoisotopic (exact) mass is 290 g/mol. The molecule has 0 saturated heterocycles. The summed E-state index contributed by atoms with van der Waals surface area (Å²) in [5.74, 6) is -0.877. The standard InChI is InChI=1S/C16H19FN2O2/c1-11(16(20)19-13-5-3-2-4-6-13)21-15-8-7-12(10-18)9-14(15)17/h7-9,11,13H,2-6H2,1H3,(H,19,20). The Hall–Kier alpha value is -2.09. The lowest BCUT2D eigenvalue weighted by Gasteiger charge is -2.24. The molecule has 2 rings (SSSR count). The maximum absolute atomic E-state index is 13.7. The number of carbonyl (C=O) groups excluding carboxylic acids is 1. The van der Waals surface area contributed by atoms with Crippen LogP contribution in [0, 0.1) is 17.1 Å². The van der Waals surface area contributed by atoms with E-state index in [0.29, 0.717) is 0 Å². The van der Waals surface area contributed by atoms with Crippen molar-refractivity contribution in [2.75, 3.05) is 0 Å². The number of benzene rings is 1. The summed E-state index contributed by atoms with van der Waals surface area (Å²) in [5, 5.41) is 11.6. The SMILES string of the molecule is CC(Oc1ccc(C#N)cc1F)C(=O)NC1CCCCC1. The molecule has 1 atom stereocenters. The Labute approximate surface area is 123 Å². The minimum Gasteiger partial charge on any atom is -0.478 e. The van der Waals surface area contributed by atoms with Crippen LogP contribution in [0.2, 0.25) is 0 Å². The first-order chi connectivity index (χ1) is 10.1. The second kappa shape index (κ2) is 7.07. The number of hydrogen-bond donors (Lipinski definition) is 1. The molecule has 0 heterocycles. The molecule has 1 aromatic rings. The van der Waals surface area contributed by atoms with Gasteiger partial charge in [-0.1, -0.05) is 19.3 Å². The highest BCUT2D eigenvalue weighted by molar-refractivity contribution is 5.81. The molecule has 0 bridgehead atoms. The predicted molar refractivity (Wildman–Crippen MR) is 76.2 cm³/mol. The van der Waals surface area contributed by atoms with E-state index < -0.39 is 11.9 Å². The minimum absolute atomic E-state index is 0.0136. The Morgan fingerprint density at radius 2 is 2.14 bits per heavy atom. The van der Waals surface area contributed by atoms with Crippen molar-refractivity contribution in [2.24, 2.45) is 0 Å². The van der Waals surface area contributed by atoms with Crippen LogP contribution in [0.15, 0.2) is 18.2 Å². The van der Waals surface area contributed by atoms with Gasteiger partial charge in [-0.3, -0.25) is 4.79 Å². The zero-order valence-electron chi connectivity index (χ0n) is 12.1. The Morgan fingerprint density at radius 3 is 2.76 bits per heavy atom. The fourth-order valence-electron chi connectivity index (χ4n) is 2.48. The quantitative estimate of drug-likeness (QED) is 0.927. The molecule has 5 heteroatoms. The number of ether oxygens (including phenoxy) is 1. The summed E-state index contributed by atoms with van der Waals surface area (Å²) in [6.07, 6.45) is 4.69. The molecule has 0 radical (unpaired) electrons. The summed E-state index contributed by atoms with van der Waals surface area (Å²) >= 11 is 0. The third-order valence-corrected chi connectivity index (χ3v) is 3.69. The van der Waals surface area contributed by atoms with E-state index in [2.05, 4.69) is 5.32 Å². The Balaban J connectivity index is 1.92. The number of amides is 1. The van der Waals surface area contributed by atoms with Crippen molar-refractivity contribution in [3.63, 3.8) is 0 Å². The normalized spacial score (nSPS) is 16.8. The minimum atomic E-state index is -0.769. The molecule has 0 aromatic heterocycles. The second-order valence-corrected chi connectivity index (χ2v) is 5.36. The van der Waals surface area contributed by atoms with Gasteiger partial charge in [0.25, 0.3) is 5.91 Å². The Morgan fingerprint density at radius 1 is 1.43 bits per heavy atom. The van der Waals surface area contributed by atoms with Gasteiger partial charge in [0.15, 0.2) is 17.7 Å². The Bertz CT molecular complexity index is 548. The van der Waals surface area contributed by atoms with E-state index in [1.54, 1.807) is 6.92 Å². The summed E-state index contributed by atoms with van der Waals surface area (Å²) in [7, 11) is 0. The molecule has 1 aromatic carbocycles. The number of halogens is 1.